The number of carbonyl (C=O) groups is 1. The number of aromatic nitrogens is 2. The lowest BCUT2D eigenvalue weighted by molar-refractivity contribution is -0.672. The maximum Gasteiger partial charge on any atom is 0.441 e. The number of hydrogen-bond acceptors (Lipinski definition) is 4. The van der Waals surface area contributed by atoms with Crippen LogP contribution >= 0.6 is 0 Å². The molecule has 0 saturated carbocycles. The van der Waals surface area contributed by atoms with E-state index in [1.54, 1.807) is 36.3 Å². The summed E-state index contributed by atoms with van der Waals surface area (Å²) in [4.78, 5) is 26.6. The quantitative estimate of drug-likeness (QED) is 0.864. The number of methoxy groups -OCH3 is 1. The second-order valence-electron chi connectivity index (χ2n) is 5.71. The molecule has 0 bridgehead atoms. The van der Waals surface area contributed by atoms with Crippen molar-refractivity contribution in [3.8, 4) is 11.4 Å². The first-order chi connectivity index (χ1) is 11.1. The first kappa shape index (κ1) is 15.3. The van der Waals surface area contributed by atoms with Gasteiger partial charge in [-0.15, -0.1) is 0 Å². The maximum absolute atomic E-state index is 12.8. The zero-order valence-electron chi connectivity index (χ0n) is 13.2. The summed E-state index contributed by atoms with van der Waals surface area (Å²) in [7, 11) is 1.58. The Hall–Kier alpha value is -2.57. The molecule has 1 fully saturated rings. The van der Waals surface area contributed by atoms with Crippen molar-refractivity contribution in [1.82, 2.24) is 10.2 Å². The highest BCUT2D eigenvalue weighted by atomic mass is 16.5. The third kappa shape index (κ3) is 2.86. The number of aromatic amines is 1. The van der Waals surface area contributed by atoms with Crippen LogP contribution in [0.25, 0.3) is 5.69 Å². The average molecular weight is 318 g/mol. The van der Waals surface area contributed by atoms with Crippen LogP contribution in [0.2, 0.25) is 0 Å². The van der Waals surface area contributed by atoms with Crippen molar-refractivity contribution in [2.24, 2.45) is 0 Å². The van der Waals surface area contributed by atoms with Crippen LogP contribution in [0.3, 0.4) is 0 Å². The van der Waals surface area contributed by atoms with Crippen molar-refractivity contribution in [2.75, 3.05) is 13.7 Å². The molecule has 3 rings (SSSR count). The fourth-order valence-corrected chi connectivity index (χ4v) is 2.90. The van der Waals surface area contributed by atoms with Crippen molar-refractivity contribution in [2.45, 2.75) is 32.2 Å². The number of carbonyl (C=O) groups excluding carboxylic acids is 1. The van der Waals surface area contributed by atoms with Gasteiger partial charge in [-0.25, -0.2) is 4.79 Å². The average Bonchev–Trinajstić information content (AvgIpc) is 2.96. The van der Waals surface area contributed by atoms with Crippen LogP contribution < -0.4 is 15.0 Å². The van der Waals surface area contributed by atoms with Crippen LogP contribution in [0.4, 0.5) is 0 Å². The lowest BCUT2D eigenvalue weighted by Crippen LogP contribution is -2.50. The number of rotatable bonds is 3. The normalized spacial score (nSPS) is 18.0. The molecule has 0 spiro atoms. The van der Waals surface area contributed by atoms with Gasteiger partial charge in [0, 0.05) is 24.7 Å². The molecule has 1 unspecified atom stereocenters. The summed E-state index contributed by atoms with van der Waals surface area (Å²) in [6, 6.07) is 7.13. The van der Waals surface area contributed by atoms with Gasteiger partial charge in [-0.1, -0.05) is 0 Å². The minimum absolute atomic E-state index is 0.0103. The van der Waals surface area contributed by atoms with E-state index in [0.717, 1.165) is 19.3 Å². The molecule has 1 aromatic carbocycles. The number of piperidine rings is 1. The summed E-state index contributed by atoms with van der Waals surface area (Å²) < 4.78 is 11.4. The van der Waals surface area contributed by atoms with Crippen LogP contribution in [0.1, 0.15) is 36.7 Å². The van der Waals surface area contributed by atoms with E-state index in [1.165, 1.54) is 4.68 Å². The Morgan fingerprint density at radius 2 is 2.09 bits per heavy atom. The van der Waals surface area contributed by atoms with Crippen molar-refractivity contribution in [1.29, 1.82) is 0 Å². The van der Waals surface area contributed by atoms with E-state index in [0.29, 0.717) is 18.0 Å². The molecule has 1 aliphatic rings. The molecular formula is C16H20N3O4+. The van der Waals surface area contributed by atoms with E-state index in [4.69, 9.17) is 9.26 Å². The summed E-state index contributed by atoms with van der Waals surface area (Å²) >= 11 is 0. The Labute approximate surface area is 133 Å². The van der Waals surface area contributed by atoms with Gasteiger partial charge in [0.2, 0.25) is 5.69 Å². The zero-order valence-corrected chi connectivity index (χ0v) is 13.2. The van der Waals surface area contributed by atoms with Gasteiger partial charge in [-0.05, 0) is 48.3 Å². The van der Waals surface area contributed by atoms with Gasteiger partial charge < -0.3 is 9.64 Å². The molecule has 122 valence electrons. The van der Waals surface area contributed by atoms with Crippen LogP contribution in [-0.4, -0.2) is 35.8 Å². The fraction of sp³-hybridized carbons (Fsp3) is 0.438. The third-order valence-corrected chi connectivity index (χ3v) is 4.24. The molecule has 1 aliphatic heterocycles. The number of ether oxygens (including phenoxy) is 1. The van der Waals surface area contributed by atoms with E-state index in [-0.39, 0.29) is 17.6 Å². The highest BCUT2D eigenvalue weighted by Gasteiger charge is 2.36. The van der Waals surface area contributed by atoms with Gasteiger partial charge in [-0.3, -0.25) is 9.32 Å². The molecule has 7 nitrogen and oxygen atoms in total. The number of amides is 1. The van der Waals surface area contributed by atoms with Gasteiger partial charge in [-0.2, -0.15) is 0 Å². The second kappa shape index (κ2) is 6.28. The Kier molecular flexibility index (Phi) is 4.18. The van der Waals surface area contributed by atoms with E-state index < -0.39 is 5.63 Å². The van der Waals surface area contributed by atoms with Crippen LogP contribution in [0.5, 0.6) is 5.75 Å². The molecule has 1 amide bonds. The molecular weight excluding hydrogens is 298 g/mol. The Bertz CT molecular complexity index is 747. The summed E-state index contributed by atoms with van der Waals surface area (Å²) in [5.74, 6) is 0.390. The topological polar surface area (TPSA) is 79.4 Å². The molecule has 2 heterocycles. The first-order valence-corrected chi connectivity index (χ1v) is 7.70. The number of H-pyrrole nitrogens is 1. The number of nitrogens with zero attached hydrogens (tertiary/aromatic N) is 2. The Morgan fingerprint density at radius 3 is 2.74 bits per heavy atom. The second-order valence-corrected chi connectivity index (χ2v) is 5.71. The SMILES string of the molecule is COc1ccc(-[n+]2[nH]oc(=O)c2C(=O)N2CCCCC2C)cc1. The minimum atomic E-state index is -0.663. The Morgan fingerprint density at radius 1 is 1.35 bits per heavy atom. The van der Waals surface area contributed by atoms with Crippen molar-refractivity contribution >= 4 is 5.91 Å². The van der Waals surface area contributed by atoms with Gasteiger partial charge in [0.05, 0.1) is 7.11 Å². The highest BCUT2D eigenvalue weighted by Crippen LogP contribution is 2.18. The van der Waals surface area contributed by atoms with Gasteiger partial charge >= 0.3 is 17.2 Å². The molecule has 1 atom stereocenters. The summed E-state index contributed by atoms with van der Waals surface area (Å²) in [6.07, 6.45) is 3.00. The molecule has 23 heavy (non-hydrogen) atoms. The fourth-order valence-electron chi connectivity index (χ4n) is 2.90. The molecule has 1 N–H and O–H groups in total. The molecule has 7 heteroatoms. The first-order valence-electron chi connectivity index (χ1n) is 7.70. The van der Waals surface area contributed by atoms with Gasteiger partial charge in [0.25, 0.3) is 0 Å². The standard InChI is InChI=1S/C16H19N3O4/c1-11-5-3-4-10-18(11)15(20)14-16(21)23-17-19(14)12-6-8-13(22-2)9-7-12/h6-9,11H,3-5,10H2,1-2H3/p+1. The Balaban J connectivity index is 1.97. The molecule has 1 aromatic heterocycles. The molecule has 1 saturated heterocycles. The van der Waals surface area contributed by atoms with Gasteiger partial charge in [0.15, 0.2) is 0 Å². The predicted molar refractivity (Wildman–Crippen MR) is 81.8 cm³/mol. The smallest absolute Gasteiger partial charge is 0.441 e. The minimum Gasteiger partial charge on any atom is -0.497 e. The molecule has 0 aliphatic carbocycles. The number of hydrogen-bond donors (Lipinski definition) is 1. The molecule has 2 aromatic rings. The van der Waals surface area contributed by atoms with Crippen molar-refractivity contribution < 1.29 is 18.7 Å². The van der Waals surface area contributed by atoms with Gasteiger partial charge in [0.1, 0.15) is 5.75 Å². The number of benzene rings is 1. The van der Waals surface area contributed by atoms with Crippen molar-refractivity contribution in [3.05, 3.63) is 40.4 Å². The van der Waals surface area contributed by atoms with Crippen LogP contribution in [-0.2, 0) is 0 Å². The largest absolute Gasteiger partial charge is 0.497 e. The monoisotopic (exact) mass is 318 g/mol. The lowest BCUT2D eigenvalue weighted by Gasteiger charge is -2.31. The predicted octanol–water partition coefficient (Wildman–Crippen LogP) is 1.27. The summed E-state index contributed by atoms with van der Waals surface area (Å²) in [6.45, 7) is 2.66. The van der Waals surface area contributed by atoms with E-state index >= 15 is 0 Å². The zero-order chi connectivity index (χ0) is 16.4. The number of nitrogens with one attached hydrogen (secondary N) is 1. The van der Waals surface area contributed by atoms with E-state index in [2.05, 4.69) is 5.27 Å². The number of likely N-dealkylation sites (tertiary alicyclic amines) is 1. The third-order valence-electron chi connectivity index (χ3n) is 4.24. The molecule has 0 radical (unpaired) electrons. The van der Waals surface area contributed by atoms with Crippen molar-refractivity contribution in [3.63, 3.8) is 0 Å². The highest BCUT2D eigenvalue weighted by molar-refractivity contribution is 5.90. The summed E-state index contributed by atoms with van der Waals surface area (Å²) in [5, 5.41) is 2.50. The van der Waals surface area contributed by atoms with E-state index in [9.17, 15) is 9.59 Å². The van der Waals surface area contributed by atoms with Crippen LogP contribution in [0, 0.1) is 0 Å². The maximum atomic E-state index is 12.8. The van der Waals surface area contributed by atoms with E-state index in [1.807, 2.05) is 6.92 Å². The lowest BCUT2D eigenvalue weighted by atomic mass is 10.0. The summed E-state index contributed by atoms with van der Waals surface area (Å²) in [5.41, 5.74) is -0.0443. The van der Waals surface area contributed by atoms with Crippen LogP contribution in [0.15, 0.2) is 33.6 Å².